The van der Waals surface area contributed by atoms with E-state index >= 15 is 0 Å². The van der Waals surface area contributed by atoms with Crippen LogP contribution in [0, 0.1) is 0 Å². The number of aromatic hydroxyl groups is 1. The summed E-state index contributed by atoms with van der Waals surface area (Å²) in [6.45, 7) is 2.69. The normalized spacial score (nSPS) is 10.1. The summed E-state index contributed by atoms with van der Waals surface area (Å²) in [7, 11) is 0. The van der Waals surface area contributed by atoms with Crippen molar-refractivity contribution in [3.63, 3.8) is 0 Å². The predicted molar refractivity (Wildman–Crippen MR) is 52.2 cm³/mol. The van der Waals surface area contributed by atoms with Gasteiger partial charge < -0.3 is 15.6 Å². The zero-order valence-corrected chi connectivity index (χ0v) is 8.14. The average Bonchev–Trinajstić information content (AvgIpc) is 2.13. The van der Waals surface area contributed by atoms with E-state index in [4.69, 9.17) is 22.1 Å². The number of halogens is 1. The maximum atomic E-state index is 9.45. The third-order valence-corrected chi connectivity index (χ3v) is 1.91. The van der Waals surface area contributed by atoms with Crippen LogP contribution in [0.5, 0.6) is 11.5 Å². The Morgan fingerprint density at radius 3 is 2.77 bits per heavy atom. The maximum Gasteiger partial charge on any atom is 0.176 e. The van der Waals surface area contributed by atoms with E-state index in [-0.39, 0.29) is 10.8 Å². The molecule has 4 heteroatoms. The summed E-state index contributed by atoms with van der Waals surface area (Å²) >= 11 is 5.75. The second-order valence-electron chi connectivity index (χ2n) is 2.56. The first kappa shape index (κ1) is 10.2. The van der Waals surface area contributed by atoms with Crippen molar-refractivity contribution in [1.29, 1.82) is 0 Å². The quantitative estimate of drug-likeness (QED) is 0.786. The highest BCUT2D eigenvalue weighted by atomic mass is 35.5. The second kappa shape index (κ2) is 4.35. The van der Waals surface area contributed by atoms with Crippen LogP contribution in [0.1, 0.15) is 12.5 Å². The molecule has 0 radical (unpaired) electrons. The van der Waals surface area contributed by atoms with Crippen molar-refractivity contribution in [1.82, 2.24) is 0 Å². The van der Waals surface area contributed by atoms with E-state index in [1.165, 1.54) is 0 Å². The Hall–Kier alpha value is -0.930. The minimum absolute atomic E-state index is 0.0271. The topological polar surface area (TPSA) is 55.5 Å². The molecule has 1 rings (SSSR count). The summed E-state index contributed by atoms with van der Waals surface area (Å²) in [5.74, 6) is 0.358. The van der Waals surface area contributed by atoms with Gasteiger partial charge in [-0.05, 0) is 24.6 Å². The monoisotopic (exact) mass is 201 g/mol. The van der Waals surface area contributed by atoms with Crippen molar-refractivity contribution in [2.75, 3.05) is 6.61 Å². The largest absolute Gasteiger partial charge is 0.503 e. The molecule has 0 aromatic heterocycles. The third-order valence-electron chi connectivity index (χ3n) is 1.62. The predicted octanol–water partition coefficient (Wildman–Crippen LogP) is 1.90. The van der Waals surface area contributed by atoms with Crippen LogP contribution in [0.4, 0.5) is 0 Å². The molecule has 0 saturated carbocycles. The number of hydrogen-bond donors (Lipinski definition) is 2. The minimum Gasteiger partial charge on any atom is -0.503 e. The van der Waals surface area contributed by atoms with E-state index in [0.29, 0.717) is 18.9 Å². The Bertz CT molecular complexity index is 302. The van der Waals surface area contributed by atoms with Crippen LogP contribution < -0.4 is 10.5 Å². The van der Waals surface area contributed by atoms with Crippen LogP contribution in [0.2, 0.25) is 5.02 Å². The SMILES string of the molecule is CCOc1cc(CN)cc(Cl)c1O. The summed E-state index contributed by atoms with van der Waals surface area (Å²) in [4.78, 5) is 0. The minimum atomic E-state index is -0.0271. The van der Waals surface area contributed by atoms with Crippen LogP contribution >= 0.6 is 11.6 Å². The molecular weight excluding hydrogens is 190 g/mol. The summed E-state index contributed by atoms with van der Waals surface area (Å²) in [5, 5.41) is 9.72. The number of benzene rings is 1. The van der Waals surface area contributed by atoms with Crippen molar-refractivity contribution in [3.05, 3.63) is 22.7 Å². The summed E-state index contributed by atoms with van der Waals surface area (Å²) in [5.41, 5.74) is 6.28. The highest BCUT2D eigenvalue weighted by Gasteiger charge is 2.08. The summed E-state index contributed by atoms with van der Waals surface area (Å²) in [6, 6.07) is 3.31. The zero-order valence-electron chi connectivity index (χ0n) is 7.38. The standard InChI is InChI=1S/C9H12ClNO2/c1-2-13-8-4-6(5-11)3-7(10)9(8)12/h3-4,12H,2,5,11H2,1H3. The number of nitrogens with two attached hydrogens (primary N) is 1. The molecule has 0 heterocycles. The van der Waals surface area contributed by atoms with Crippen LogP contribution in [-0.2, 0) is 6.54 Å². The van der Waals surface area contributed by atoms with Crippen molar-refractivity contribution in [3.8, 4) is 11.5 Å². The van der Waals surface area contributed by atoms with Gasteiger partial charge in [0, 0.05) is 6.54 Å². The molecule has 1 aromatic rings. The molecule has 0 atom stereocenters. The molecule has 3 nitrogen and oxygen atoms in total. The lowest BCUT2D eigenvalue weighted by Crippen LogP contribution is -1.98. The van der Waals surface area contributed by atoms with Gasteiger partial charge in [-0.15, -0.1) is 0 Å². The molecule has 0 saturated heterocycles. The van der Waals surface area contributed by atoms with Gasteiger partial charge in [-0.1, -0.05) is 11.6 Å². The van der Waals surface area contributed by atoms with Crippen LogP contribution in [0.15, 0.2) is 12.1 Å². The average molecular weight is 202 g/mol. The Morgan fingerprint density at radius 2 is 2.23 bits per heavy atom. The lowest BCUT2D eigenvalue weighted by molar-refractivity contribution is 0.318. The molecule has 13 heavy (non-hydrogen) atoms. The molecule has 0 fully saturated rings. The lowest BCUT2D eigenvalue weighted by atomic mass is 10.2. The molecule has 0 unspecified atom stereocenters. The molecule has 0 bridgehead atoms. The molecule has 72 valence electrons. The van der Waals surface area contributed by atoms with Gasteiger partial charge in [0.15, 0.2) is 11.5 Å². The highest BCUT2D eigenvalue weighted by Crippen LogP contribution is 2.34. The third kappa shape index (κ3) is 2.26. The summed E-state index contributed by atoms with van der Waals surface area (Å²) < 4.78 is 5.17. The van der Waals surface area contributed by atoms with Crippen molar-refractivity contribution >= 4 is 11.6 Å². The van der Waals surface area contributed by atoms with Gasteiger partial charge in [-0.25, -0.2) is 0 Å². The first-order valence-corrected chi connectivity index (χ1v) is 4.41. The first-order valence-electron chi connectivity index (χ1n) is 4.03. The van der Waals surface area contributed by atoms with E-state index in [1.807, 2.05) is 6.92 Å². The van der Waals surface area contributed by atoms with E-state index < -0.39 is 0 Å². The van der Waals surface area contributed by atoms with E-state index in [1.54, 1.807) is 12.1 Å². The van der Waals surface area contributed by atoms with Crippen LogP contribution in [0.3, 0.4) is 0 Å². The molecule has 0 aliphatic rings. The first-order chi connectivity index (χ1) is 6.19. The Morgan fingerprint density at radius 1 is 1.54 bits per heavy atom. The van der Waals surface area contributed by atoms with Crippen LogP contribution in [-0.4, -0.2) is 11.7 Å². The number of ether oxygens (including phenoxy) is 1. The summed E-state index contributed by atoms with van der Waals surface area (Å²) in [6.07, 6.45) is 0. The van der Waals surface area contributed by atoms with E-state index in [2.05, 4.69) is 0 Å². The Balaban J connectivity index is 3.09. The number of phenolic OH excluding ortho intramolecular Hbond substituents is 1. The zero-order chi connectivity index (χ0) is 9.84. The van der Waals surface area contributed by atoms with Crippen LogP contribution in [0.25, 0.3) is 0 Å². The molecule has 0 amide bonds. The van der Waals surface area contributed by atoms with E-state index in [0.717, 1.165) is 5.56 Å². The van der Waals surface area contributed by atoms with Crippen molar-refractivity contribution in [2.45, 2.75) is 13.5 Å². The number of hydrogen-bond acceptors (Lipinski definition) is 3. The lowest BCUT2D eigenvalue weighted by Gasteiger charge is -2.08. The molecule has 1 aromatic carbocycles. The Kier molecular flexibility index (Phi) is 3.39. The second-order valence-corrected chi connectivity index (χ2v) is 2.97. The highest BCUT2D eigenvalue weighted by molar-refractivity contribution is 6.32. The Labute approximate surface area is 82.1 Å². The number of rotatable bonds is 3. The van der Waals surface area contributed by atoms with Gasteiger partial charge in [-0.2, -0.15) is 0 Å². The van der Waals surface area contributed by atoms with Gasteiger partial charge >= 0.3 is 0 Å². The molecular formula is C9H12ClNO2. The van der Waals surface area contributed by atoms with Crippen molar-refractivity contribution < 1.29 is 9.84 Å². The van der Waals surface area contributed by atoms with E-state index in [9.17, 15) is 5.11 Å². The van der Waals surface area contributed by atoms with Gasteiger partial charge in [0.1, 0.15) is 0 Å². The molecule has 0 aliphatic heterocycles. The van der Waals surface area contributed by atoms with Crippen molar-refractivity contribution in [2.24, 2.45) is 5.73 Å². The fourth-order valence-corrected chi connectivity index (χ4v) is 1.24. The van der Waals surface area contributed by atoms with Gasteiger partial charge in [0.05, 0.1) is 11.6 Å². The fourth-order valence-electron chi connectivity index (χ4n) is 1.01. The fraction of sp³-hybridized carbons (Fsp3) is 0.333. The smallest absolute Gasteiger partial charge is 0.176 e. The molecule has 0 aliphatic carbocycles. The van der Waals surface area contributed by atoms with Gasteiger partial charge in [0.25, 0.3) is 0 Å². The molecule has 0 spiro atoms. The van der Waals surface area contributed by atoms with Gasteiger partial charge in [-0.3, -0.25) is 0 Å². The maximum absolute atomic E-state index is 9.45. The number of phenols is 1. The molecule has 3 N–H and O–H groups in total. The van der Waals surface area contributed by atoms with Gasteiger partial charge in [0.2, 0.25) is 0 Å².